The van der Waals surface area contributed by atoms with Crippen LogP contribution in [0.1, 0.15) is 12.0 Å². The highest BCUT2D eigenvalue weighted by molar-refractivity contribution is 6.17. The summed E-state index contributed by atoms with van der Waals surface area (Å²) in [6, 6.07) is 4.58. The first-order chi connectivity index (χ1) is 8.72. The van der Waals surface area contributed by atoms with E-state index in [9.17, 15) is 9.18 Å². The van der Waals surface area contributed by atoms with E-state index in [1.165, 1.54) is 12.1 Å². The molecular formula is C13H15ClFNO2. The van der Waals surface area contributed by atoms with Crippen molar-refractivity contribution in [3.63, 3.8) is 0 Å². The molecule has 0 aromatic heterocycles. The van der Waals surface area contributed by atoms with Gasteiger partial charge in [0.05, 0.1) is 13.2 Å². The maximum Gasteiger partial charge on any atom is 0.227 e. The third kappa shape index (κ3) is 3.00. The minimum absolute atomic E-state index is 0.0163. The molecule has 0 saturated heterocycles. The fourth-order valence-corrected chi connectivity index (χ4v) is 2.18. The zero-order chi connectivity index (χ0) is 13.0. The summed E-state index contributed by atoms with van der Waals surface area (Å²) in [5.74, 6) is 0.122. The van der Waals surface area contributed by atoms with Crippen molar-refractivity contribution in [2.45, 2.75) is 12.8 Å². The second kappa shape index (κ2) is 6.16. The summed E-state index contributed by atoms with van der Waals surface area (Å²) in [4.78, 5) is 13.4. The third-order valence-corrected chi connectivity index (χ3v) is 3.08. The molecule has 0 unspecified atom stereocenters. The Morgan fingerprint density at radius 1 is 1.33 bits per heavy atom. The van der Waals surface area contributed by atoms with Gasteiger partial charge in [0.2, 0.25) is 5.91 Å². The van der Waals surface area contributed by atoms with Gasteiger partial charge in [-0.3, -0.25) is 4.79 Å². The van der Waals surface area contributed by atoms with E-state index in [1.54, 1.807) is 11.0 Å². The molecule has 0 fully saturated rings. The van der Waals surface area contributed by atoms with E-state index in [0.717, 1.165) is 5.56 Å². The van der Waals surface area contributed by atoms with Gasteiger partial charge in [0.15, 0.2) is 0 Å². The summed E-state index contributed by atoms with van der Waals surface area (Å²) in [5, 5.41) is 0. The first-order valence-corrected chi connectivity index (χ1v) is 6.48. The maximum absolute atomic E-state index is 13.3. The van der Waals surface area contributed by atoms with Crippen LogP contribution in [0.15, 0.2) is 18.2 Å². The van der Waals surface area contributed by atoms with Crippen molar-refractivity contribution in [1.29, 1.82) is 0 Å². The van der Waals surface area contributed by atoms with Crippen LogP contribution in [-0.4, -0.2) is 31.5 Å². The molecular weight excluding hydrogens is 257 g/mol. The largest absolute Gasteiger partial charge is 0.378 e. The maximum atomic E-state index is 13.3. The van der Waals surface area contributed by atoms with Gasteiger partial charge in [0, 0.05) is 24.5 Å². The lowest BCUT2D eigenvalue weighted by molar-refractivity contribution is -0.119. The Hall–Kier alpha value is -1.13. The molecule has 1 heterocycles. The van der Waals surface area contributed by atoms with Gasteiger partial charge in [0.25, 0.3) is 0 Å². The summed E-state index contributed by atoms with van der Waals surface area (Å²) in [6.45, 7) is 1.31. The molecule has 0 radical (unpaired) electrons. The van der Waals surface area contributed by atoms with Crippen molar-refractivity contribution in [1.82, 2.24) is 0 Å². The topological polar surface area (TPSA) is 29.5 Å². The molecule has 3 nitrogen and oxygen atoms in total. The highest BCUT2D eigenvalue weighted by atomic mass is 35.5. The zero-order valence-electron chi connectivity index (χ0n) is 9.99. The quantitative estimate of drug-likeness (QED) is 0.608. The number of rotatable bonds is 5. The zero-order valence-corrected chi connectivity index (χ0v) is 10.8. The summed E-state index contributed by atoms with van der Waals surface area (Å²) in [6.07, 6.45) is 1.14. The number of amides is 1. The number of alkyl halides is 1. The Labute approximate surface area is 110 Å². The predicted molar refractivity (Wildman–Crippen MR) is 68.6 cm³/mol. The second-order valence-electron chi connectivity index (χ2n) is 4.12. The van der Waals surface area contributed by atoms with Gasteiger partial charge in [-0.25, -0.2) is 4.39 Å². The lowest BCUT2D eigenvalue weighted by Crippen LogP contribution is -2.37. The van der Waals surface area contributed by atoms with E-state index in [-0.39, 0.29) is 11.7 Å². The van der Waals surface area contributed by atoms with Gasteiger partial charge >= 0.3 is 0 Å². The van der Waals surface area contributed by atoms with Crippen molar-refractivity contribution in [2.24, 2.45) is 0 Å². The summed E-state index contributed by atoms with van der Waals surface area (Å²) < 4.78 is 18.5. The van der Waals surface area contributed by atoms with E-state index in [1.807, 2.05) is 0 Å². The Morgan fingerprint density at radius 2 is 2.17 bits per heavy atom. The minimum Gasteiger partial charge on any atom is -0.378 e. The number of carbonyl (C=O) groups is 1. The fraction of sp³-hybridized carbons (Fsp3) is 0.462. The summed E-state index contributed by atoms with van der Waals surface area (Å²) in [7, 11) is 0. The van der Waals surface area contributed by atoms with E-state index in [2.05, 4.69) is 0 Å². The lowest BCUT2D eigenvalue weighted by atomic mass is 10.0. The van der Waals surface area contributed by atoms with Gasteiger partial charge in [-0.15, -0.1) is 11.6 Å². The van der Waals surface area contributed by atoms with Crippen LogP contribution in [0.25, 0.3) is 0 Å². The number of carbonyl (C=O) groups excluding carboxylic acids is 1. The second-order valence-corrected chi connectivity index (χ2v) is 4.50. The van der Waals surface area contributed by atoms with Crippen molar-refractivity contribution >= 4 is 23.2 Å². The van der Waals surface area contributed by atoms with E-state index >= 15 is 0 Å². The van der Waals surface area contributed by atoms with Crippen molar-refractivity contribution in [3.8, 4) is 0 Å². The first kappa shape index (κ1) is 13.3. The van der Waals surface area contributed by atoms with Gasteiger partial charge < -0.3 is 9.64 Å². The number of hydrogen-bond donors (Lipinski definition) is 0. The molecule has 1 aliphatic rings. The Morgan fingerprint density at radius 3 is 2.94 bits per heavy atom. The van der Waals surface area contributed by atoms with Crippen LogP contribution in [0, 0.1) is 5.82 Å². The Balaban J connectivity index is 2.09. The average Bonchev–Trinajstić information content (AvgIpc) is 2.36. The molecule has 1 amide bonds. The van der Waals surface area contributed by atoms with Crippen LogP contribution in [-0.2, 0) is 16.0 Å². The molecule has 0 bridgehead atoms. The number of nitrogens with zero attached hydrogens (tertiary/aromatic N) is 1. The predicted octanol–water partition coefficient (Wildman–Crippen LogP) is 2.36. The number of ether oxygens (including phenoxy) is 1. The van der Waals surface area contributed by atoms with Crippen LogP contribution < -0.4 is 4.90 Å². The molecule has 1 aromatic carbocycles. The molecule has 5 heteroatoms. The summed E-state index contributed by atoms with van der Waals surface area (Å²) in [5.41, 5.74) is 1.68. The molecule has 1 aromatic rings. The molecule has 1 aliphatic heterocycles. The third-order valence-electron chi connectivity index (χ3n) is 2.93. The van der Waals surface area contributed by atoms with Gasteiger partial charge in [0.1, 0.15) is 5.82 Å². The summed E-state index contributed by atoms with van der Waals surface area (Å²) >= 11 is 5.50. The standard InChI is InChI=1S/C13H15ClFNO2/c14-5-7-18-8-6-16-12-9-11(15)3-1-10(12)2-4-13(16)17/h1,3,9H,2,4-8H2. The van der Waals surface area contributed by atoms with Gasteiger partial charge in [-0.05, 0) is 24.1 Å². The van der Waals surface area contributed by atoms with Gasteiger partial charge in [-0.1, -0.05) is 6.07 Å². The highest BCUT2D eigenvalue weighted by Crippen LogP contribution is 2.28. The monoisotopic (exact) mass is 271 g/mol. The van der Waals surface area contributed by atoms with Crippen LogP contribution >= 0.6 is 11.6 Å². The Bertz CT molecular complexity index is 439. The van der Waals surface area contributed by atoms with Crippen LogP contribution in [0.3, 0.4) is 0 Å². The van der Waals surface area contributed by atoms with E-state index < -0.39 is 0 Å². The minimum atomic E-state index is -0.324. The fourth-order valence-electron chi connectivity index (χ4n) is 2.07. The SMILES string of the molecule is O=C1CCc2ccc(F)cc2N1CCOCCCl. The van der Waals surface area contributed by atoms with Crippen LogP contribution in [0.2, 0.25) is 0 Å². The smallest absolute Gasteiger partial charge is 0.227 e. The van der Waals surface area contributed by atoms with E-state index in [4.69, 9.17) is 16.3 Å². The Kier molecular flexibility index (Phi) is 4.55. The number of fused-ring (bicyclic) bond motifs is 1. The normalized spacial score (nSPS) is 14.8. The molecule has 0 saturated carbocycles. The van der Waals surface area contributed by atoms with E-state index in [0.29, 0.717) is 44.2 Å². The van der Waals surface area contributed by atoms with Crippen molar-refractivity contribution < 1.29 is 13.9 Å². The average molecular weight is 272 g/mol. The van der Waals surface area contributed by atoms with Crippen molar-refractivity contribution in [3.05, 3.63) is 29.6 Å². The van der Waals surface area contributed by atoms with Crippen LogP contribution in [0.4, 0.5) is 10.1 Å². The molecule has 0 spiro atoms. The van der Waals surface area contributed by atoms with Crippen molar-refractivity contribution in [2.75, 3.05) is 30.5 Å². The number of anilines is 1. The number of halogens is 2. The number of hydrogen-bond acceptors (Lipinski definition) is 2. The number of benzene rings is 1. The molecule has 98 valence electrons. The highest BCUT2D eigenvalue weighted by Gasteiger charge is 2.24. The molecule has 0 N–H and O–H groups in total. The molecule has 0 atom stereocenters. The van der Waals surface area contributed by atoms with Crippen LogP contribution in [0.5, 0.6) is 0 Å². The molecule has 18 heavy (non-hydrogen) atoms. The van der Waals surface area contributed by atoms with Gasteiger partial charge in [-0.2, -0.15) is 0 Å². The molecule has 0 aliphatic carbocycles. The number of aryl methyl sites for hydroxylation is 1. The molecule has 2 rings (SSSR count). The lowest BCUT2D eigenvalue weighted by Gasteiger charge is -2.29. The first-order valence-electron chi connectivity index (χ1n) is 5.95.